The van der Waals surface area contributed by atoms with Crippen LogP contribution in [0.3, 0.4) is 0 Å². The molecule has 6 aromatic rings. The molecule has 138 valence electrons. The second-order valence-corrected chi connectivity index (χ2v) is 8.19. The predicted molar refractivity (Wildman–Crippen MR) is 121 cm³/mol. The first-order chi connectivity index (χ1) is 14.8. The number of aromatic nitrogens is 2. The first-order valence-corrected chi connectivity index (χ1v) is 10.3. The molecule has 30 heavy (non-hydrogen) atoms. The smallest absolute Gasteiger partial charge is 0.0992 e. The van der Waals surface area contributed by atoms with Gasteiger partial charge >= 0.3 is 0 Å². The van der Waals surface area contributed by atoms with Crippen LogP contribution in [0.5, 0.6) is 0 Å². The van der Waals surface area contributed by atoms with Gasteiger partial charge in [-0.3, -0.25) is 4.98 Å². The van der Waals surface area contributed by atoms with Gasteiger partial charge in [-0.2, -0.15) is 10.5 Å². The molecule has 0 unspecified atom stereocenters. The third-order valence-corrected chi connectivity index (χ3v) is 6.67. The van der Waals surface area contributed by atoms with Crippen LogP contribution in [0.2, 0.25) is 0 Å². The standard InChI is InChI=1S/C25H12N4S/c26-13-15-10-16(14-27)12-17(11-15)29-20-8-7-19-18-4-1-2-6-22(18)30-25(19)23(20)24-21(29)5-3-9-28-24/h1-12H. The fourth-order valence-electron chi connectivity index (χ4n) is 4.24. The Kier molecular flexibility index (Phi) is 3.43. The Morgan fingerprint density at radius 1 is 0.800 bits per heavy atom. The summed E-state index contributed by atoms with van der Waals surface area (Å²) in [6.45, 7) is 0. The molecule has 0 saturated heterocycles. The minimum Gasteiger partial charge on any atom is -0.307 e. The minimum absolute atomic E-state index is 0.464. The van der Waals surface area contributed by atoms with E-state index in [0.29, 0.717) is 11.1 Å². The molecular formula is C25H12N4S. The van der Waals surface area contributed by atoms with E-state index >= 15 is 0 Å². The van der Waals surface area contributed by atoms with Crippen LogP contribution in [-0.4, -0.2) is 9.55 Å². The van der Waals surface area contributed by atoms with Gasteiger partial charge in [0.2, 0.25) is 0 Å². The van der Waals surface area contributed by atoms with Gasteiger partial charge in [-0.05, 0) is 42.5 Å². The minimum atomic E-state index is 0.464. The Bertz CT molecular complexity index is 1690. The molecule has 0 N–H and O–H groups in total. The van der Waals surface area contributed by atoms with Gasteiger partial charge < -0.3 is 4.57 Å². The summed E-state index contributed by atoms with van der Waals surface area (Å²) in [6.07, 6.45) is 1.81. The molecule has 0 bridgehead atoms. The Morgan fingerprint density at radius 2 is 1.60 bits per heavy atom. The summed E-state index contributed by atoms with van der Waals surface area (Å²) in [7, 11) is 0. The van der Waals surface area contributed by atoms with Crippen molar-refractivity contribution in [2.45, 2.75) is 0 Å². The Morgan fingerprint density at radius 3 is 2.40 bits per heavy atom. The van der Waals surface area contributed by atoms with Crippen molar-refractivity contribution in [2.24, 2.45) is 0 Å². The van der Waals surface area contributed by atoms with E-state index in [4.69, 9.17) is 4.98 Å². The number of fused-ring (bicyclic) bond motifs is 7. The summed E-state index contributed by atoms with van der Waals surface area (Å²) in [6, 6.07) is 26.2. The molecule has 0 aliphatic carbocycles. The van der Waals surface area contributed by atoms with E-state index in [0.717, 1.165) is 27.6 Å². The lowest BCUT2D eigenvalue weighted by Crippen LogP contribution is -1.96. The largest absolute Gasteiger partial charge is 0.307 e. The summed E-state index contributed by atoms with van der Waals surface area (Å²) in [5.41, 5.74) is 4.61. The normalized spacial score (nSPS) is 11.3. The molecule has 3 aromatic heterocycles. The average molecular weight is 400 g/mol. The second kappa shape index (κ2) is 6.15. The molecule has 6 rings (SSSR count). The average Bonchev–Trinajstić information content (AvgIpc) is 3.34. The molecule has 0 aliphatic rings. The van der Waals surface area contributed by atoms with Crippen molar-refractivity contribution in [3.63, 3.8) is 0 Å². The monoisotopic (exact) mass is 400 g/mol. The van der Waals surface area contributed by atoms with Crippen LogP contribution in [0.1, 0.15) is 11.1 Å². The molecule has 5 heteroatoms. The third-order valence-electron chi connectivity index (χ3n) is 5.46. The van der Waals surface area contributed by atoms with Crippen LogP contribution in [0, 0.1) is 22.7 Å². The summed E-state index contributed by atoms with van der Waals surface area (Å²) in [5.74, 6) is 0. The molecule has 0 aliphatic heterocycles. The summed E-state index contributed by atoms with van der Waals surface area (Å²) < 4.78 is 4.55. The van der Waals surface area contributed by atoms with E-state index in [2.05, 4.69) is 53.1 Å². The van der Waals surface area contributed by atoms with E-state index in [1.165, 1.54) is 20.2 Å². The van der Waals surface area contributed by atoms with Crippen molar-refractivity contribution < 1.29 is 0 Å². The van der Waals surface area contributed by atoms with Gasteiger partial charge in [0.1, 0.15) is 0 Å². The maximum Gasteiger partial charge on any atom is 0.0992 e. The highest BCUT2D eigenvalue weighted by molar-refractivity contribution is 7.26. The van der Waals surface area contributed by atoms with Gasteiger partial charge in [0, 0.05) is 37.4 Å². The quantitative estimate of drug-likeness (QED) is 0.326. The fraction of sp³-hybridized carbons (Fsp3) is 0. The first-order valence-electron chi connectivity index (χ1n) is 9.43. The van der Waals surface area contributed by atoms with Crippen LogP contribution in [-0.2, 0) is 0 Å². The van der Waals surface area contributed by atoms with Gasteiger partial charge in [-0.1, -0.05) is 24.3 Å². The van der Waals surface area contributed by atoms with Gasteiger partial charge in [-0.15, -0.1) is 11.3 Å². The van der Waals surface area contributed by atoms with Crippen molar-refractivity contribution in [1.82, 2.24) is 9.55 Å². The number of hydrogen-bond acceptors (Lipinski definition) is 4. The van der Waals surface area contributed by atoms with Crippen LogP contribution in [0.4, 0.5) is 0 Å². The van der Waals surface area contributed by atoms with E-state index in [1.54, 1.807) is 17.4 Å². The zero-order valence-electron chi connectivity index (χ0n) is 15.6. The number of pyridine rings is 1. The summed E-state index contributed by atoms with van der Waals surface area (Å²) in [4.78, 5) is 4.72. The molecule has 3 aromatic carbocycles. The Balaban J connectivity index is 1.83. The number of thiophene rings is 1. The number of nitrogens with zero attached hydrogens (tertiary/aromatic N) is 4. The number of nitriles is 2. The zero-order chi connectivity index (χ0) is 20.2. The molecule has 0 radical (unpaired) electrons. The van der Waals surface area contributed by atoms with Gasteiger partial charge in [0.25, 0.3) is 0 Å². The fourth-order valence-corrected chi connectivity index (χ4v) is 5.49. The first kappa shape index (κ1) is 16.7. The second-order valence-electron chi connectivity index (χ2n) is 7.13. The molecule has 0 fully saturated rings. The lowest BCUT2D eigenvalue weighted by Gasteiger charge is -2.08. The highest BCUT2D eigenvalue weighted by atomic mass is 32.1. The predicted octanol–water partition coefficient (Wildman–Crippen LogP) is 6.29. The molecule has 4 nitrogen and oxygen atoms in total. The summed E-state index contributed by atoms with van der Waals surface area (Å²) >= 11 is 1.77. The van der Waals surface area contributed by atoms with E-state index in [9.17, 15) is 10.5 Å². The van der Waals surface area contributed by atoms with Crippen LogP contribution < -0.4 is 0 Å². The van der Waals surface area contributed by atoms with Gasteiger partial charge in [0.05, 0.1) is 39.8 Å². The molecule has 0 saturated carbocycles. The van der Waals surface area contributed by atoms with Gasteiger partial charge in [-0.25, -0.2) is 0 Å². The van der Waals surface area contributed by atoms with Crippen LogP contribution in [0.15, 0.2) is 72.9 Å². The topological polar surface area (TPSA) is 65.4 Å². The molecule has 0 spiro atoms. The zero-order valence-corrected chi connectivity index (χ0v) is 16.4. The molecule has 0 atom stereocenters. The van der Waals surface area contributed by atoms with Crippen molar-refractivity contribution in [1.29, 1.82) is 10.5 Å². The molecule has 0 amide bonds. The Hall–Kier alpha value is -4.19. The number of benzene rings is 3. The van der Waals surface area contributed by atoms with Crippen LogP contribution >= 0.6 is 11.3 Å². The van der Waals surface area contributed by atoms with E-state index in [-0.39, 0.29) is 0 Å². The van der Waals surface area contributed by atoms with Crippen molar-refractivity contribution in [2.75, 3.05) is 0 Å². The maximum atomic E-state index is 9.45. The maximum absolute atomic E-state index is 9.45. The summed E-state index contributed by atoms with van der Waals surface area (Å²) in [5, 5.41) is 22.5. The number of hydrogen-bond donors (Lipinski definition) is 0. The lowest BCUT2D eigenvalue weighted by molar-refractivity contribution is 1.17. The highest BCUT2D eigenvalue weighted by Gasteiger charge is 2.18. The molecule has 3 heterocycles. The third kappa shape index (κ3) is 2.21. The Labute approximate surface area is 175 Å². The van der Waals surface area contributed by atoms with Crippen molar-refractivity contribution >= 4 is 53.4 Å². The van der Waals surface area contributed by atoms with E-state index < -0.39 is 0 Å². The lowest BCUT2D eigenvalue weighted by atomic mass is 10.1. The van der Waals surface area contributed by atoms with Crippen LogP contribution in [0.25, 0.3) is 47.8 Å². The highest BCUT2D eigenvalue weighted by Crippen LogP contribution is 2.42. The van der Waals surface area contributed by atoms with Crippen molar-refractivity contribution in [3.8, 4) is 17.8 Å². The van der Waals surface area contributed by atoms with Crippen molar-refractivity contribution in [3.05, 3.63) is 84.1 Å². The number of rotatable bonds is 1. The van der Waals surface area contributed by atoms with E-state index in [1.807, 2.05) is 30.5 Å². The van der Waals surface area contributed by atoms with Gasteiger partial charge in [0.15, 0.2) is 0 Å². The SMILES string of the molecule is N#Cc1cc(C#N)cc(-n2c3cccnc3c3c4sc5ccccc5c4ccc32)c1. The molecular weight excluding hydrogens is 388 g/mol.